The van der Waals surface area contributed by atoms with Gasteiger partial charge in [0.2, 0.25) is 0 Å². The lowest BCUT2D eigenvalue weighted by molar-refractivity contribution is -0.161. The zero-order chi connectivity index (χ0) is 39.3. The molecule has 0 aromatic rings. The van der Waals surface area contributed by atoms with E-state index in [1.807, 2.05) is 0 Å². The van der Waals surface area contributed by atoms with Crippen LogP contribution in [0.5, 0.6) is 0 Å². The minimum Gasteiger partial charge on any atom is -0.462 e. The lowest BCUT2D eigenvalue weighted by Gasteiger charge is -2.15. The Morgan fingerprint density at radius 2 is 0.759 bits per heavy atom. The summed E-state index contributed by atoms with van der Waals surface area (Å²) < 4.78 is 10.6. The van der Waals surface area contributed by atoms with Gasteiger partial charge in [0.25, 0.3) is 0 Å². The number of carbonyl (C=O) groups excluding carboxylic acids is 2. The minimum atomic E-state index is -0.799. The highest BCUT2D eigenvalue weighted by atomic mass is 16.6. The Hall–Kier alpha value is -2.14. The van der Waals surface area contributed by atoms with Crippen LogP contribution >= 0.6 is 0 Å². The summed E-state index contributed by atoms with van der Waals surface area (Å²) in [7, 11) is 0. The molecule has 0 heterocycles. The molecule has 0 aromatic heterocycles. The van der Waals surface area contributed by atoms with Crippen LogP contribution in [-0.2, 0) is 19.1 Å². The van der Waals surface area contributed by atoms with Gasteiger partial charge in [-0.25, -0.2) is 0 Å². The van der Waals surface area contributed by atoms with Crippen molar-refractivity contribution in [2.45, 2.75) is 238 Å². The number of allylic oxidation sites excluding steroid dienone is 8. The highest BCUT2D eigenvalue weighted by molar-refractivity contribution is 5.70. The molecule has 5 heteroatoms. The number of carbonyl (C=O) groups is 2. The summed E-state index contributed by atoms with van der Waals surface area (Å²) in [6.07, 6.45) is 57.7. The molecule has 0 spiro atoms. The van der Waals surface area contributed by atoms with Gasteiger partial charge in [-0.15, -0.1) is 0 Å². The van der Waals surface area contributed by atoms with E-state index in [2.05, 4.69) is 62.5 Å². The third-order valence-electron chi connectivity index (χ3n) is 10.1. The number of hydrogen-bond acceptors (Lipinski definition) is 5. The average Bonchev–Trinajstić information content (AvgIpc) is 3.17. The fourth-order valence-electron chi connectivity index (χ4n) is 6.61. The summed E-state index contributed by atoms with van der Waals surface area (Å²) >= 11 is 0. The minimum absolute atomic E-state index is 0.0857. The van der Waals surface area contributed by atoms with Crippen LogP contribution in [0.4, 0.5) is 0 Å². The molecule has 0 aromatic carbocycles. The maximum atomic E-state index is 12.2. The number of hydrogen-bond donors (Lipinski definition) is 1. The van der Waals surface area contributed by atoms with E-state index in [1.54, 1.807) is 0 Å². The Kier molecular flexibility index (Phi) is 43.5. The van der Waals surface area contributed by atoms with Crippen LogP contribution in [0.2, 0.25) is 0 Å². The molecule has 0 amide bonds. The van der Waals surface area contributed by atoms with Gasteiger partial charge in [0.15, 0.2) is 6.10 Å². The molecule has 0 fully saturated rings. The van der Waals surface area contributed by atoms with Crippen molar-refractivity contribution in [3.05, 3.63) is 48.6 Å². The van der Waals surface area contributed by atoms with Crippen LogP contribution < -0.4 is 0 Å². The normalized spacial score (nSPS) is 12.6. The van der Waals surface area contributed by atoms with Gasteiger partial charge >= 0.3 is 11.9 Å². The molecule has 0 unspecified atom stereocenters. The van der Waals surface area contributed by atoms with Crippen LogP contribution in [0.3, 0.4) is 0 Å². The fraction of sp³-hybridized carbons (Fsp3) is 0.796. The summed E-state index contributed by atoms with van der Waals surface area (Å²) in [5, 5.41) is 9.58. The maximum absolute atomic E-state index is 12.2. The monoisotopic (exact) mass is 757 g/mol. The lowest BCUT2D eigenvalue weighted by atomic mass is 10.0. The van der Waals surface area contributed by atoms with Gasteiger partial charge in [-0.2, -0.15) is 0 Å². The van der Waals surface area contributed by atoms with Crippen molar-refractivity contribution in [1.29, 1.82) is 0 Å². The van der Waals surface area contributed by atoms with E-state index in [-0.39, 0.29) is 31.6 Å². The third kappa shape index (κ3) is 42.6. The molecule has 0 radical (unpaired) electrons. The smallest absolute Gasteiger partial charge is 0.306 e. The van der Waals surface area contributed by atoms with E-state index in [9.17, 15) is 14.7 Å². The lowest BCUT2D eigenvalue weighted by Crippen LogP contribution is -2.28. The van der Waals surface area contributed by atoms with E-state index in [1.165, 1.54) is 154 Å². The Bertz CT molecular complexity index is 904. The molecule has 1 N–H and O–H groups in total. The van der Waals surface area contributed by atoms with Gasteiger partial charge in [0.1, 0.15) is 6.61 Å². The quantitative estimate of drug-likeness (QED) is 0.0381. The zero-order valence-electron chi connectivity index (χ0n) is 35.7. The van der Waals surface area contributed by atoms with Gasteiger partial charge in [0.05, 0.1) is 6.61 Å². The van der Waals surface area contributed by atoms with Gasteiger partial charge < -0.3 is 14.6 Å². The van der Waals surface area contributed by atoms with Crippen LogP contribution in [-0.4, -0.2) is 36.4 Å². The highest BCUT2D eigenvalue weighted by Gasteiger charge is 2.16. The second-order valence-corrected chi connectivity index (χ2v) is 15.5. The molecule has 0 saturated carbocycles. The standard InChI is InChI=1S/C49H88O5/c1-3-5-7-9-11-13-15-17-19-21-22-23-24-25-26-28-29-31-33-35-37-39-41-43-48(51)53-46-47(45-50)54-49(52)44-42-40-38-36-34-32-30-27-20-18-16-14-12-10-8-6-4-2/h12,14,18,20,30,32,36,38,47,50H,3-11,13,15-17,19,21-29,31,33-35,37,39-46H2,1-2H3/b14-12+,20-18+,32-30+,38-36+/t47-/m0/s1. The van der Waals surface area contributed by atoms with Crippen LogP contribution in [0, 0.1) is 0 Å². The summed E-state index contributed by atoms with van der Waals surface area (Å²) in [5.41, 5.74) is 0. The van der Waals surface area contributed by atoms with Gasteiger partial charge in [-0.3, -0.25) is 9.59 Å². The molecule has 0 saturated heterocycles. The largest absolute Gasteiger partial charge is 0.462 e. The average molecular weight is 757 g/mol. The number of unbranched alkanes of at least 4 members (excludes halogenated alkanes) is 26. The van der Waals surface area contributed by atoms with E-state index in [0.717, 1.165) is 44.9 Å². The predicted octanol–water partition coefficient (Wildman–Crippen LogP) is 15.0. The first kappa shape index (κ1) is 51.9. The number of esters is 2. The molecule has 314 valence electrons. The van der Waals surface area contributed by atoms with Crippen LogP contribution in [0.1, 0.15) is 232 Å². The number of aliphatic hydroxyl groups is 1. The second kappa shape index (κ2) is 45.3. The molecule has 1 atom stereocenters. The van der Waals surface area contributed by atoms with Crippen molar-refractivity contribution in [1.82, 2.24) is 0 Å². The first-order valence-corrected chi connectivity index (χ1v) is 23.2. The summed E-state index contributed by atoms with van der Waals surface area (Å²) in [4.78, 5) is 24.3. The van der Waals surface area contributed by atoms with Gasteiger partial charge in [0, 0.05) is 12.8 Å². The van der Waals surface area contributed by atoms with Gasteiger partial charge in [-0.05, 0) is 51.4 Å². The van der Waals surface area contributed by atoms with Crippen molar-refractivity contribution >= 4 is 11.9 Å². The number of ether oxygens (including phenoxy) is 2. The molecule has 54 heavy (non-hydrogen) atoms. The fourth-order valence-corrected chi connectivity index (χ4v) is 6.61. The first-order valence-electron chi connectivity index (χ1n) is 23.2. The second-order valence-electron chi connectivity index (χ2n) is 15.5. The highest BCUT2D eigenvalue weighted by Crippen LogP contribution is 2.16. The molecule has 0 bridgehead atoms. The number of rotatable bonds is 42. The summed E-state index contributed by atoms with van der Waals surface area (Å²) in [6, 6.07) is 0. The summed E-state index contributed by atoms with van der Waals surface area (Å²) in [6.45, 7) is 4.09. The SMILES string of the molecule is CCCCC/C=C/C/C=C/C/C=C/C/C=C/CCCC(=O)O[C@@H](CO)COC(=O)CCCCCCCCCCCCCCCCCCCCCCCCC. The van der Waals surface area contributed by atoms with Crippen molar-refractivity contribution in [2.24, 2.45) is 0 Å². The third-order valence-corrected chi connectivity index (χ3v) is 10.1. The maximum Gasteiger partial charge on any atom is 0.306 e. The van der Waals surface area contributed by atoms with Crippen LogP contribution in [0.15, 0.2) is 48.6 Å². The molecule has 0 aliphatic heterocycles. The number of aliphatic hydroxyl groups excluding tert-OH is 1. The van der Waals surface area contributed by atoms with Crippen molar-refractivity contribution in [3.8, 4) is 0 Å². The molecular formula is C49H88O5. The van der Waals surface area contributed by atoms with E-state index in [4.69, 9.17) is 9.47 Å². The van der Waals surface area contributed by atoms with Gasteiger partial charge in [-0.1, -0.05) is 217 Å². The Morgan fingerprint density at radius 3 is 1.17 bits per heavy atom. The zero-order valence-corrected chi connectivity index (χ0v) is 35.7. The Morgan fingerprint density at radius 1 is 0.426 bits per heavy atom. The molecular weight excluding hydrogens is 669 g/mol. The Labute approximate surface area is 335 Å². The topological polar surface area (TPSA) is 72.8 Å². The molecule has 0 aliphatic rings. The van der Waals surface area contributed by atoms with Crippen molar-refractivity contribution < 1.29 is 24.2 Å². The van der Waals surface area contributed by atoms with E-state index >= 15 is 0 Å². The molecule has 0 rings (SSSR count). The van der Waals surface area contributed by atoms with Crippen molar-refractivity contribution in [2.75, 3.05) is 13.2 Å². The molecule has 5 nitrogen and oxygen atoms in total. The predicted molar refractivity (Wildman–Crippen MR) is 233 cm³/mol. The van der Waals surface area contributed by atoms with Crippen molar-refractivity contribution in [3.63, 3.8) is 0 Å². The summed E-state index contributed by atoms with van der Waals surface area (Å²) in [5.74, 6) is -0.649. The van der Waals surface area contributed by atoms with E-state index < -0.39 is 6.10 Å². The molecule has 0 aliphatic carbocycles. The Balaban J connectivity index is 3.55. The van der Waals surface area contributed by atoms with Crippen LogP contribution in [0.25, 0.3) is 0 Å². The first-order chi connectivity index (χ1) is 26.6. The van der Waals surface area contributed by atoms with E-state index in [0.29, 0.717) is 12.8 Å².